The van der Waals surface area contributed by atoms with E-state index >= 15 is 0 Å². The van der Waals surface area contributed by atoms with Gasteiger partial charge in [-0.2, -0.15) is 0 Å². The van der Waals surface area contributed by atoms with Crippen LogP contribution in [0, 0.1) is 5.92 Å². The first-order chi connectivity index (χ1) is 4.54. The number of rotatable bonds is 4. The molecule has 1 unspecified atom stereocenters. The lowest BCUT2D eigenvalue weighted by Crippen LogP contribution is -2.24. The van der Waals surface area contributed by atoms with Gasteiger partial charge in [-0.3, -0.25) is 0 Å². The summed E-state index contributed by atoms with van der Waals surface area (Å²) in [7, 11) is 0. The van der Waals surface area contributed by atoms with Gasteiger partial charge >= 0.3 is 0 Å². The summed E-state index contributed by atoms with van der Waals surface area (Å²) in [6, 6.07) is 0. The Morgan fingerprint density at radius 2 is 1.80 bits per heavy atom. The monoisotopic (exact) mass is 150 g/mol. The Morgan fingerprint density at radius 1 is 1.30 bits per heavy atom. The van der Waals surface area contributed by atoms with Crippen molar-refractivity contribution in [3.8, 4) is 0 Å². The van der Waals surface area contributed by atoms with Gasteiger partial charge in [0.05, 0.1) is 0 Å². The Labute approximate surface area is 61.6 Å². The van der Waals surface area contributed by atoms with Crippen molar-refractivity contribution in [2.75, 3.05) is 0 Å². The fraction of sp³-hybridized carbons (Fsp3) is 1.00. The summed E-state index contributed by atoms with van der Waals surface area (Å²) in [5.74, 6) is -2.91. The average molecular weight is 150 g/mol. The lowest BCUT2D eigenvalue weighted by molar-refractivity contribution is -0.0603. The maximum Gasteiger partial charge on any atom is 0.250 e. The van der Waals surface area contributed by atoms with Crippen molar-refractivity contribution in [3.05, 3.63) is 0 Å². The minimum atomic E-state index is -2.44. The van der Waals surface area contributed by atoms with Gasteiger partial charge < -0.3 is 0 Å². The van der Waals surface area contributed by atoms with Gasteiger partial charge in [-0.15, -0.1) is 0 Å². The third-order valence-electron chi connectivity index (χ3n) is 1.92. The lowest BCUT2D eigenvalue weighted by atomic mass is 9.97. The van der Waals surface area contributed by atoms with Crippen molar-refractivity contribution in [3.63, 3.8) is 0 Å². The van der Waals surface area contributed by atoms with Crippen molar-refractivity contribution >= 4 is 0 Å². The minimum absolute atomic E-state index is 0.0298. The normalized spacial score (nSPS) is 15.3. The molecule has 0 aliphatic rings. The summed E-state index contributed by atoms with van der Waals surface area (Å²) in [5, 5.41) is 0. The van der Waals surface area contributed by atoms with Crippen LogP contribution in [-0.2, 0) is 0 Å². The van der Waals surface area contributed by atoms with E-state index in [2.05, 4.69) is 0 Å². The highest BCUT2D eigenvalue weighted by Gasteiger charge is 2.33. The molecule has 10 heavy (non-hydrogen) atoms. The molecule has 0 radical (unpaired) electrons. The van der Waals surface area contributed by atoms with Crippen LogP contribution in [0.1, 0.15) is 40.0 Å². The second kappa shape index (κ2) is 3.89. The molecule has 0 rings (SSSR count). The maximum atomic E-state index is 12.8. The van der Waals surface area contributed by atoms with Gasteiger partial charge in [0, 0.05) is 12.3 Å². The average Bonchev–Trinajstić information content (AvgIpc) is 1.86. The van der Waals surface area contributed by atoms with Gasteiger partial charge in [0.15, 0.2) is 0 Å². The van der Waals surface area contributed by atoms with Crippen molar-refractivity contribution < 1.29 is 8.78 Å². The molecule has 0 amide bonds. The fourth-order valence-electron chi connectivity index (χ4n) is 0.878. The highest BCUT2D eigenvalue weighted by molar-refractivity contribution is 4.71. The quantitative estimate of drug-likeness (QED) is 0.575. The van der Waals surface area contributed by atoms with E-state index in [9.17, 15) is 8.78 Å². The number of hydrogen-bond acceptors (Lipinski definition) is 0. The first-order valence-electron chi connectivity index (χ1n) is 3.92. The van der Waals surface area contributed by atoms with Crippen LogP contribution < -0.4 is 0 Å². The van der Waals surface area contributed by atoms with E-state index in [-0.39, 0.29) is 6.42 Å². The third-order valence-corrected chi connectivity index (χ3v) is 1.92. The second-order valence-corrected chi connectivity index (χ2v) is 2.82. The molecule has 0 heterocycles. The van der Waals surface area contributed by atoms with Gasteiger partial charge in [0.25, 0.3) is 5.92 Å². The maximum absolute atomic E-state index is 12.8. The molecule has 2 heteroatoms. The molecule has 0 saturated carbocycles. The molecule has 0 aromatic carbocycles. The Hall–Kier alpha value is -0.140. The van der Waals surface area contributed by atoms with E-state index in [1.165, 1.54) is 0 Å². The summed E-state index contributed by atoms with van der Waals surface area (Å²) in [5.41, 5.74) is 0. The lowest BCUT2D eigenvalue weighted by Gasteiger charge is -2.21. The van der Waals surface area contributed by atoms with Crippen molar-refractivity contribution in [2.45, 2.75) is 46.0 Å². The summed E-state index contributed by atoms with van der Waals surface area (Å²) in [6.45, 7) is 5.19. The molecule has 0 N–H and O–H groups in total. The molecule has 0 nitrogen and oxygen atoms in total. The highest BCUT2D eigenvalue weighted by Crippen LogP contribution is 2.31. The molecule has 0 fully saturated rings. The van der Waals surface area contributed by atoms with Gasteiger partial charge in [0.2, 0.25) is 0 Å². The SMILES string of the molecule is CCCC(F)(F)C(C)CC. The van der Waals surface area contributed by atoms with E-state index in [1.807, 2.05) is 0 Å². The highest BCUT2D eigenvalue weighted by atomic mass is 19.3. The number of hydrogen-bond donors (Lipinski definition) is 0. The van der Waals surface area contributed by atoms with E-state index < -0.39 is 11.8 Å². The van der Waals surface area contributed by atoms with Crippen molar-refractivity contribution in [1.82, 2.24) is 0 Å². The van der Waals surface area contributed by atoms with Crippen LogP contribution in [0.5, 0.6) is 0 Å². The fourth-order valence-corrected chi connectivity index (χ4v) is 0.878. The molecule has 0 saturated heterocycles. The van der Waals surface area contributed by atoms with E-state index in [0.717, 1.165) is 0 Å². The van der Waals surface area contributed by atoms with E-state index in [1.54, 1.807) is 20.8 Å². The standard InChI is InChI=1S/C8H16F2/c1-4-6-8(9,10)7(3)5-2/h7H,4-6H2,1-3H3. The zero-order valence-corrected chi connectivity index (χ0v) is 6.95. The zero-order valence-electron chi connectivity index (χ0n) is 6.95. The topological polar surface area (TPSA) is 0 Å². The molecule has 0 aromatic heterocycles. The van der Waals surface area contributed by atoms with E-state index in [0.29, 0.717) is 12.8 Å². The van der Waals surface area contributed by atoms with Gasteiger partial charge in [-0.1, -0.05) is 27.2 Å². The van der Waals surface area contributed by atoms with Crippen molar-refractivity contribution in [2.24, 2.45) is 5.92 Å². The zero-order chi connectivity index (χ0) is 8.20. The van der Waals surface area contributed by atoms with Crippen LogP contribution in [0.2, 0.25) is 0 Å². The molecule has 62 valence electrons. The molecule has 0 aliphatic heterocycles. The Kier molecular flexibility index (Phi) is 3.84. The van der Waals surface area contributed by atoms with E-state index in [4.69, 9.17) is 0 Å². The van der Waals surface area contributed by atoms with Crippen molar-refractivity contribution in [1.29, 1.82) is 0 Å². The first kappa shape index (κ1) is 9.86. The second-order valence-electron chi connectivity index (χ2n) is 2.82. The predicted molar refractivity (Wildman–Crippen MR) is 39.3 cm³/mol. The Morgan fingerprint density at radius 3 is 2.10 bits per heavy atom. The summed E-state index contributed by atoms with van der Waals surface area (Å²) in [6.07, 6.45) is 1.16. The third kappa shape index (κ3) is 2.63. The molecule has 0 bridgehead atoms. The summed E-state index contributed by atoms with van der Waals surface area (Å²) < 4.78 is 25.6. The Bertz CT molecular complexity index is 89.3. The summed E-state index contributed by atoms with van der Waals surface area (Å²) in [4.78, 5) is 0. The van der Waals surface area contributed by atoms with Crippen LogP contribution in [0.25, 0.3) is 0 Å². The van der Waals surface area contributed by atoms with Crippen LogP contribution in [0.15, 0.2) is 0 Å². The van der Waals surface area contributed by atoms with Crippen LogP contribution in [-0.4, -0.2) is 5.92 Å². The molecular weight excluding hydrogens is 134 g/mol. The predicted octanol–water partition coefficient (Wildman–Crippen LogP) is 3.47. The van der Waals surface area contributed by atoms with Crippen LogP contribution >= 0.6 is 0 Å². The molecule has 0 aromatic rings. The molecule has 1 atom stereocenters. The minimum Gasteiger partial charge on any atom is -0.207 e. The largest absolute Gasteiger partial charge is 0.250 e. The smallest absolute Gasteiger partial charge is 0.207 e. The van der Waals surface area contributed by atoms with Gasteiger partial charge in [-0.25, -0.2) is 8.78 Å². The van der Waals surface area contributed by atoms with Crippen LogP contribution in [0.4, 0.5) is 8.78 Å². The number of halogens is 2. The Balaban J connectivity index is 3.82. The van der Waals surface area contributed by atoms with Gasteiger partial charge in [0.1, 0.15) is 0 Å². The molecule has 0 spiro atoms. The molecule has 0 aliphatic carbocycles. The van der Waals surface area contributed by atoms with Crippen LogP contribution in [0.3, 0.4) is 0 Å². The summed E-state index contributed by atoms with van der Waals surface area (Å²) >= 11 is 0. The first-order valence-corrected chi connectivity index (χ1v) is 3.92. The number of alkyl halides is 2. The molecular formula is C8H16F2. The van der Waals surface area contributed by atoms with Gasteiger partial charge in [-0.05, 0) is 6.42 Å².